The zero-order valence-electron chi connectivity index (χ0n) is 23.4. The second kappa shape index (κ2) is 13.9. The third kappa shape index (κ3) is 7.23. The van der Waals surface area contributed by atoms with Crippen molar-refractivity contribution in [1.82, 2.24) is 0 Å². The SMILES string of the molecule is N#Cc1ccc(-c2ccc(CCCCCC(=O)Oc3ccc(-c4ccc(-c5ccc(C#N)c(F)c5)c(F)c4)c(F)c3)cc2)s1. The van der Waals surface area contributed by atoms with E-state index in [1.807, 2.05) is 12.1 Å². The Morgan fingerprint density at radius 3 is 1.98 bits per heavy atom. The molecule has 0 amide bonds. The number of unbranched alkanes of at least 4 members (excludes halogenated alkanes) is 2. The lowest BCUT2D eigenvalue weighted by Gasteiger charge is -2.10. The molecular formula is C36H25F3N2O2S. The van der Waals surface area contributed by atoms with Crippen LogP contribution in [0.15, 0.2) is 91.0 Å². The quantitative estimate of drug-likeness (QED) is 0.0901. The van der Waals surface area contributed by atoms with Crippen molar-refractivity contribution in [3.8, 4) is 50.6 Å². The second-order valence-electron chi connectivity index (χ2n) is 10.2. The van der Waals surface area contributed by atoms with E-state index in [-0.39, 0.29) is 40.0 Å². The van der Waals surface area contributed by atoms with E-state index < -0.39 is 23.4 Å². The highest BCUT2D eigenvalue weighted by atomic mass is 32.1. The molecule has 0 aliphatic heterocycles. The van der Waals surface area contributed by atoms with Gasteiger partial charge in [-0.15, -0.1) is 11.3 Å². The number of hydrogen-bond donors (Lipinski definition) is 0. The zero-order valence-corrected chi connectivity index (χ0v) is 24.3. The summed E-state index contributed by atoms with van der Waals surface area (Å²) in [5.41, 5.74) is 2.90. The molecule has 1 aromatic heterocycles. The number of halogens is 3. The van der Waals surface area contributed by atoms with E-state index in [2.05, 4.69) is 30.3 Å². The van der Waals surface area contributed by atoms with Crippen molar-refractivity contribution >= 4 is 17.3 Å². The predicted molar refractivity (Wildman–Crippen MR) is 164 cm³/mol. The molecule has 0 N–H and O–H groups in total. The molecule has 0 aliphatic carbocycles. The van der Waals surface area contributed by atoms with Gasteiger partial charge >= 0.3 is 5.97 Å². The number of carbonyl (C=O) groups is 1. The van der Waals surface area contributed by atoms with Crippen LogP contribution in [-0.4, -0.2) is 5.97 Å². The van der Waals surface area contributed by atoms with Gasteiger partial charge in [0.15, 0.2) is 0 Å². The van der Waals surface area contributed by atoms with Crippen molar-refractivity contribution < 1.29 is 22.7 Å². The summed E-state index contributed by atoms with van der Waals surface area (Å²) in [5, 5.41) is 17.9. The number of esters is 1. The molecule has 0 spiro atoms. The third-order valence-electron chi connectivity index (χ3n) is 7.15. The average Bonchev–Trinajstić information content (AvgIpc) is 3.51. The smallest absolute Gasteiger partial charge is 0.311 e. The summed E-state index contributed by atoms with van der Waals surface area (Å²) in [4.78, 5) is 14.1. The number of nitriles is 2. The van der Waals surface area contributed by atoms with Crippen molar-refractivity contribution in [2.45, 2.75) is 32.1 Å². The summed E-state index contributed by atoms with van der Waals surface area (Å²) < 4.78 is 49.1. The van der Waals surface area contributed by atoms with E-state index in [1.165, 1.54) is 53.3 Å². The minimum Gasteiger partial charge on any atom is -0.426 e. The fourth-order valence-electron chi connectivity index (χ4n) is 4.83. The standard InChI is InChI=1S/C36H25F3N2O2S/c37-32-18-25(10-11-27(32)21-40)30-15-12-26(19-33(30)38)31-16-13-28(20-34(31)39)43-36(42)5-3-1-2-4-23-6-8-24(9-7-23)35-17-14-29(22-41)44-35/h6-20H,1-5H2. The zero-order chi connectivity index (χ0) is 31.1. The highest BCUT2D eigenvalue weighted by Crippen LogP contribution is 2.32. The first-order valence-electron chi connectivity index (χ1n) is 13.9. The van der Waals surface area contributed by atoms with E-state index in [4.69, 9.17) is 15.3 Å². The molecule has 1 heterocycles. The Morgan fingerprint density at radius 1 is 0.682 bits per heavy atom. The lowest BCUT2D eigenvalue weighted by atomic mass is 9.98. The Hall–Kier alpha value is -5.18. The third-order valence-corrected chi connectivity index (χ3v) is 8.19. The number of ether oxygens (including phenoxy) is 1. The van der Waals surface area contributed by atoms with Crippen LogP contribution in [-0.2, 0) is 11.2 Å². The first kappa shape index (κ1) is 30.3. The predicted octanol–water partition coefficient (Wildman–Crippen LogP) is 9.62. The monoisotopic (exact) mass is 606 g/mol. The topological polar surface area (TPSA) is 73.9 Å². The molecule has 4 nitrogen and oxygen atoms in total. The van der Waals surface area contributed by atoms with Crippen molar-refractivity contribution in [2.75, 3.05) is 0 Å². The Balaban J connectivity index is 1.10. The van der Waals surface area contributed by atoms with Gasteiger partial charge in [0.1, 0.15) is 40.2 Å². The van der Waals surface area contributed by atoms with Crippen LogP contribution in [0.2, 0.25) is 0 Å². The van der Waals surface area contributed by atoms with Gasteiger partial charge in [0.2, 0.25) is 0 Å². The normalized spacial score (nSPS) is 10.7. The molecule has 44 heavy (non-hydrogen) atoms. The lowest BCUT2D eigenvalue weighted by Crippen LogP contribution is -2.07. The van der Waals surface area contributed by atoms with Gasteiger partial charge in [0, 0.05) is 28.5 Å². The van der Waals surface area contributed by atoms with Crippen molar-refractivity contribution in [1.29, 1.82) is 10.5 Å². The maximum absolute atomic E-state index is 14.9. The van der Waals surface area contributed by atoms with Crippen LogP contribution in [0, 0.1) is 40.1 Å². The van der Waals surface area contributed by atoms with Gasteiger partial charge in [0.05, 0.1) is 5.56 Å². The van der Waals surface area contributed by atoms with Gasteiger partial charge in [-0.05, 0) is 84.0 Å². The summed E-state index contributed by atoms with van der Waals surface area (Å²) in [6, 6.07) is 27.8. The number of hydrogen-bond acceptors (Lipinski definition) is 5. The summed E-state index contributed by atoms with van der Waals surface area (Å²) in [6.07, 6.45) is 3.45. The van der Waals surface area contributed by atoms with Gasteiger partial charge in [-0.2, -0.15) is 10.5 Å². The van der Waals surface area contributed by atoms with Crippen LogP contribution in [0.25, 0.3) is 32.7 Å². The van der Waals surface area contributed by atoms with Crippen LogP contribution < -0.4 is 4.74 Å². The van der Waals surface area contributed by atoms with E-state index in [0.717, 1.165) is 47.9 Å². The van der Waals surface area contributed by atoms with Crippen LogP contribution in [0.1, 0.15) is 41.7 Å². The van der Waals surface area contributed by atoms with E-state index >= 15 is 0 Å². The van der Waals surface area contributed by atoms with E-state index in [0.29, 0.717) is 11.3 Å². The lowest BCUT2D eigenvalue weighted by molar-refractivity contribution is -0.134. The number of nitrogens with zero attached hydrogens (tertiary/aromatic N) is 2. The van der Waals surface area contributed by atoms with Gasteiger partial charge in [0.25, 0.3) is 0 Å². The summed E-state index contributed by atoms with van der Waals surface area (Å²) in [7, 11) is 0. The van der Waals surface area contributed by atoms with Crippen LogP contribution in [0.3, 0.4) is 0 Å². The minimum atomic E-state index is -0.752. The van der Waals surface area contributed by atoms with Crippen molar-refractivity contribution in [3.63, 3.8) is 0 Å². The van der Waals surface area contributed by atoms with Crippen molar-refractivity contribution in [3.05, 3.63) is 124 Å². The molecule has 0 radical (unpaired) electrons. The number of thiophene rings is 1. The first-order valence-corrected chi connectivity index (χ1v) is 14.8. The number of aryl methyl sites for hydroxylation is 1. The molecule has 0 saturated heterocycles. The molecule has 0 saturated carbocycles. The van der Waals surface area contributed by atoms with Gasteiger partial charge < -0.3 is 4.74 Å². The fraction of sp³-hybridized carbons (Fsp3) is 0.139. The Morgan fingerprint density at radius 2 is 1.34 bits per heavy atom. The minimum absolute atomic E-state index is 0.0640. The summed E-state index contributed by atoms with van der Waals surface area (Å²) in [6.45, 7) is 0. The molecule has 0 unspecified atom stereocenters. The molecule has 0 aliphatic rings. The largest absolute Gasteiger partial charge is 0.426 e. The second-order valence-corrected chi connectivity index (χ2v) is 11.2. The maximum Gasteiger partial charge on any atom is 0.311 e. The Kier molecular flexibility index (Phi) is 9.54. The summed E-state index contributed by atoms with van der Waals surface area (Å²) >= 11 is 1.47. The van der Waals surface area contributed by atoms with Gasteiger partial charge in [-0.3, -0.25) is 4.79 Å². The summed E-state index contributed by atoms with van der Waals surface area (Å²) in [5.74, 6) is -2.50. The fourth-order valence-corrected chi connectivity index (χ4v) is 5.64. The van der Waals surface area contributed by atoms with Crippen LogP contribution in [0.4, 0.5) is 13.2 Å². The maximum atomic E-state index is 14.9. The van der Waals surface area contributed by atoms with Crippen LogP contribution >= 0.6 is 11.3 Å². The molecule has 0 bridgehead atoms. The number of rotatable bonds is 10. The number of carbonyl (C=O) groups excluding carboxylic acids is 1. The molecule has 4 aromatic carbocycles. The average molecular weight is 607 g/mol. The molecule has 0 atom stereocenters. The first-order chi connectivity index (χ1) is 21.3. The Labute approximate surface area is 257 Å². The van der Waals surface area contributed by atoms with Gasteiger partial charge in [-0.1, -0.05) is 48.9 Å². The Bertz CT molecular complexity index is 1900. The molecule has 5 rings (SSSR count). The van der Waals surface area contributed by atoms with Crippen LogP contribution in [0.5, 0.6) is 5.75 Å². The molecule has 5 aromatic rings. The molecular weight excluding hydrogens is 581 g/mol. The van der Waals surface area contributed by atoms with E-state index in [1.54, 1.807) is 6.07 Å². The van der Waals surface area contributed by atoms with Gasteiger partial charge in [-0.25, -0.2) is 13.2 Å². The molecule has 218 valence electrons. The van der Waals surface area contributed by atoms with E-state index in [9.17, 15) is 18.0 Å². The van der Waals surface area contributed by atoms with Crippen molar-refractivity contribution in [2.24, 2.45) is 0 Å². The molecule has 0 fully saturated rings. The highest BCUT2D eigenvalue weighted by molar-refractivity contribution is 7.16. The highest BCUT2D eigenvalue weighted by Gasteiger charge is 2.14. The molecule has 8 heteroatoms. The number of benzene rings is 4.